The largest absolute Gasteiger partial charge is 0.295 e. The SMILES string of the molecule is CC(=O)C=CCCC(C)CCCCC(C)C. The molecule has 1 heteroatoms. The molecule has 0 aliphatic heterocycles. The van der Waals surface area contributed by atoms with Crippen LogP contribution in [0.15, 0.2) is 12.2 Å². The second-order valence-corrected chi connectivity index (χ2v) is 5.37. The molecule has 0 aromatic rings. The first kappa shape index (κ1) is 15.4. The highest BCUT2D eigenvalue weighted by Crippen LogP contribution is 2.16. The van der Waals surface area contributed by atoms with Crippen LogP contribution in [0.5, 0.6) is 0 Å². The first-order valence-electron chi connectivity index (χ1n) is 6.69. The molecule has 1 atom stereocenters. The summed E-state index contributed by atoms with van der Waals surface area (Å²) in [5.74, 6) is 1.79. The Balaban J connectivity index is 3.37. The van der Waals surface area contributed by atoms with E-state index in [0.717, 1.165) is 18.3 Å². The number of allylic oxidation sites excluding steroid dienone is 2. The molecule has 0 aromatic heterocycles. The zero-order valence-corrected chi connectivity index (χ0v) is 11.5. The molecule has 0 amide bonds. The maximum absolute atomic E-state index is 10.7. The Kier molecular flexibility index (Phi) is 9.27. The Morgan fingerprint density at radius 3 is 2.25 bits per heavy atom. The van der Waals surface area contributed by atoms with Gasteiger partial charge in [-0.25, -0.2) is 0 Å². The van der Waals surface area contributed by atoms with Gasteiger partial charge >= 0.3 is 0 Å². The lowest BCUT2D eigenvalue weighted by Crippen LogP contribution is -1.95. The summed E-state index contributed by atoms with van der Waals surface area (Å²) in [4.78, 5) is 10.7. The molecule has 0 aliphatic carbocycles. The van der Waals surface area contributed by atoms with Crippen molar-refractivity contribution < 1.29 is 4.79 Å². The van der Waals surface area contributed by atoms with E-state index in [-0.39, 0.29) is 5.78 Å². The van der Waals surface area contributed by atoms with E-state index in [0.29, 0.717) is 0 Å². The highest BCUT2D eigenvalue weighted by atomic mass is 16.1. The van der Waals surface area contributed by atoms with Crippen LogP contribution in [0, 0.1) is 11.8 Å². The topological polar surface area (TPSA) is 17.1 Å². The predicted molar refractivity (Wildman–Crippen MR) is 71.5 cm³/mol. The average molecular weight is 224 g/mol. The summed E-state index contributed by atoms with van der Waals surface area (Å²) in [6.45, 7) is 8.49. The molecular formula is C15H28O. The number of hydrogen-bond acceptors (Lipinski definition) is 1. The molecule has 0 radical (unpaired) electrons. The molecular weight excluding hydrogens is 196 g/mol. The van der Waals surface area contributed by atoms with Gasteiger partial charge in [-0.3, -0.25) is 4.79 Å². The van der Waals surface area contributed by atoms with Crippen molar-refractivity contribution in [1.29, 1.82) is 0 Å². The van der Waals surface area contributed by atoms with E-state index in [1.54, 1.807) is 13.0 Å². The molecule has 0 heterocycles. The van der Waals surface area contributed by atoms with Gasteiger partial charge in [0.15, 0.2) is 5.78 Å². The summed E-state index contributed by atoms with van der Waals surface area (Å²) < 4.78 is 0. The maximum Gasteiger partial charge on any atom is 0.152 e. The van der Waals surface area contributed by atoms with Crippen molar-refractivity contribution in [2.75, 3.05) is 0 Å². The molecule has 1 nitrogen and oxygen atoms in total. The number of hydrogen-bond donors (Lipinski definition) is 0. The van der Waals surface area contributed by atoms with Crippen LogP contribution < -0.4 is 0 Å². The number of rotatable bonds is 9. The summed E-state index contributed by atoms with van der Waals surface area (Å²) in [6.07, 6.45) is 11.4. The minimum atomic E-state index is 0.157. The van der Waals surface area contributed by atoms with Gasteiger partial charge in [0.25, 0.3) is 0 Å². The standard InChI is InChI=1S/C15H28O/c1-13(2)9-5-6-10-14(3)11-7-8-12-15(4)16/h8,12-14H,5-7,9-11H2,1-4H3. The Labute approximate surface area is 101 Å². The van der Waals surface area contributed by atoms with Gasteiger partial charge < -0.3 is 0 Å². The summed E-state index contributed by atoms with van der Waals surface area (Å²) >= 11 is 0. The van der Waals surface area contributed by atoms with Crippen molar-refractivity contribution in [3.8, 4) is 0 Å². The molecule has 0 aromatic carbocycles. The molecule has 0 bridgehead atoms. The van der Waals surface area contributed by atoms with E-state index in [1.807, 2.05) is 6.08 Å². The zero-order chi connectivity index (χ0) is 12.4. The van der Waals surface area contributed by atoms with Crippen molar-refractivity contribution in [2.24, 2.45) is 11.8 Å². The van der Waals surface area contributed by atoms with E-state index in [2.05, 4.69) is 20.8 Å². The summed E-state index contributed by atoms with van der Waals surface area (Å²) in [5.41, 5.74) is 0. The van der Waals surface area contributed by atoms with E-state index in [4.69, 9.17) is 0 Å². The van der Waals surface area contributed by atoms with Gasteiger partial charge in [0.05, 0.1) is 0 Å². The zero-order valence-electron chi connectivity index (χ0n) is 11.5. The first-order chi connectivity index (χ1) is 7.52. The van der Waals surface area contributed by atoms with Gasteiger partial charge in [0, 0.05) is 0 Å². The fourth-order valence-corrected chi connectivity index (χ4v) is 1.82. The Morgan fingerprint density at radius 1 is 1.06 bits per heavy atom. The van der Waals surface area contributed by atoms with Crippen molar-refractivity contribution in [3.05, 3.63) is 12.2 Å². The Bertz CT molecular complexity index is 203. The Hall–Kier alpha value is -0.590. The summed E-state index contributed by atoms with van der Waals surface area (Å²) in [6, 6.07) is 0. The minimum Gasteiger partial charge on any atom is -0.295 e. The van der Waals surface area contributed by atoms with Crippen LogP contribution in [0.4, 0.5) is 0 Å². The fourth-order valence-electron chi connectivity index (χ4n) is 1.82. The minimum absolute atomic E-state index is 0.157. The number of carbonyl (C=O) groups excluding carboxylic acids is 1. The third kappa shape index (κ3) is 11.5. The molecule has 94 valence electrons. The second kappa shape index (κ2) is 9.62. The summed E-state index contributed by atoms with van der Waals surface area (Å²) in [5, 5.41) is 0. The van der Waals surface area contributed by atoms with Crippen LogP contribution in [0.25, 0.3) is 0 Å². The van der Waals surface area contributed by atoms with Gasteiger partial charge in [-0.15, -0.1) is 0 Å². The van der Waals surface area contributed by atoms with Crippen LogP contribution >= 0.6 is 0 Å². The number of ketones is 1. The molecule has 0 spiro atoms. The monoisotopic (exact) mass is 224 g/mol. The van der Waals surface area contributed by atoms with Gasteiger partial charge in [-0.05, 0) is 37.7 Å². The molecule has 0 aliphatic rings. The third-order valence-corrected chi connectivity index (χ3v) is 2.91. The lowest BCUT2D eigenvalue weighted by Gasteiger charge is -2.10. The van der Waals surface area contributed by atoms with Crippen LogP contribution in [-0.2, 0) is 4.79 Å². The molecule has 0 N–H and O–H groups in total. The van der Waals surface area contributed by atoms with Crippen LogP contribution in [0.2, 0.25) is 0 Å². The van der Waals surface area contributed by atoms with Gasteiger partial charge in [0.2, 0.25) is 0 Å². The number of unbranched alkanes of at least 4 members (excludes halogenated alkanes) is 1. The van der Waals surface area contributed by atoms with Gasteiger partial charge in [-0.2, -0.15) is 0 Å². The van der Waals surface area contributed by atoms with Crippen LogP contribution in [-0.4, -0.2) is 5.78 Å². The molecule has 1 unspecified atom stereocenters. The average Bonchev–Trinajstić information content (AvgIpc) is 2.19. The second-order valence-electron chi connectivity index (χ2n) is 5.37. The van der Waals surface area contributed by atoms with Crippen molar-refractivity contribution in [1.82, 2.24) is 0 Å². The lowest BCUT2D eigenvalue weighted by atomic mass is 9.96. The smallest absolute Gasteiger partial charge is 0.152 e. The molecule has 0 saturated carbocycles. The van der Waals surface area contributed by atoms with E-state index >= 15 is 0 Å². The van der Waals surface area contributed by atoms with Crippen LogP contribution in [0.1, 0.15) is 66.2 Å². The van der Waals surface area contributed by atoms with Crippen molar-refractivity contribution >= 4 is 5.78 Å². The Morgan fingerprint density at radius 2 is 1.69 bits per heavy atom. The molecule has 0 fully saturated rings. The third-order valence-electron chi connectivity index (χ3n) is 2.91. The van der Waals surface area contributed by atoms with E-state index in [1.165, 1.54) is 32.1 Å². The quantitative estimate of drug-likeness (QED) is 0.407. The predicted octanol–water partition coefficient (Wildman–Crippen LogP) is 4.76. The highest BCUT2D eigenvalue weighted by molar-refractivity contribution is 5.87. The summed E-state index contributed by atoms with van der Waals surface area (Å²) in [7, 11) is 0. The van der Waals surface area contributed by atoms with Gasteiger partial charge in [0.1, 0.15) is 0 Å². The van der Waals surface area contributed by atoms with Crippen molar-refractivity contribution in [2.45, 2.75) is 66.2 Å². The van der Waals surface area contributed by atoms with Crippen molar-refractivity contribution in [3.63, 3.8) is 0 Å². The first-order valence-corrected chi connectivity index (χ1v) is 6.69. The van der Waals surface area contributed by atoms with E-state index in [9.17, 15) is 4.79 Å². The molecule has 0 saturated heterocycles. The molecule has 16 heavy (non-hydrogen) atoms. The van der Waals surface area contributed by atoms with Gasteiger partial charge in [-0.1, -0.05) is 52.5 Å². The number of carbonyl (C=O) groups is 1. The van der Waals surface area contributed by atoms with E-state index < -0.39 is 0 Å². The maximum atomic E-state index is 10.7. The highest BCUT2D eigenvalue weighted by Gasteiger charge is 2.01. The normalized spacial score (nSPS) is 13.6. The van der Waals surface area contributed by atoms with Crippen LogP contribution in [0.3, 0.4) is 0 Å². The lowest BCUT2D eigenvalue weighted by molar-refractivity contribution is -0.112. The molecule has 0 rings (SSSR count). The fraction of sp³-hybridized carbons (Fsp3) is 0.800.